The highest BCUT2D eigenvalue weighted by Gasteiger charge is 2.18. The van der Waals surface area contributed by atoms with Gasteiger partial charge in [0.1, 0.15) is 16.2 Å². The number of hydrogen-bond acceptors (Lipinski definition) is 7. The highest BCUT2D eigenvalue weighted by Crippen LogP contribution is 2.16. The third-order valence-corrected chi connectivity index (χ3v) is 4.57. The number of carbonyl (C=O) groups is 1. The molecule has 0 aliphatic rings. The zero-order valence-corrected chi connectivity index (χ0v) is 14.9. The molecule has 0 aromatic carbocycles. The number of nitrogens with one attached hydrogen (secondary N) is 1. The number of aromatic amines is 1. The van der Waals surface area contributed by atoms with Crippen LogP contribution >= 0.6 is 11.3 Å². The second kappa shape index (κ2) is 6.60. The van der Waals surface area contributed by atoms with Crippen molar-refractivity contribution in [2.24, 2.45) is 0 Å². The molecule has 3 rings (SSSR count). The molecule has 130 valence electrons. The lowest BCUT2D eigenvalue weighted by molar-refractivity contribution is 0.0775. The highest BCUT2D eigenvalue weighted by atomic mass is 32.1. The zero-order chi connectivity index (χ0) is 18.1. The first-order valence-electron chi connectivity index (χ1n) is 7.71. The molecule has 0 saturated heterocycles. The molecule has 0 aliphatic carbocycles. The van der Waals surface area contributed by atoms with Gasteiger partial charge in [-0.25, -0.2) is 15.0 Å². The Balaban J connectivity index is 1.86. The Kier molecular flexibility index (Phi) is 4.49. The summed E-state index contributed by atoms with van der Waals surface area (Å²) >= 11 is 1.33. The lowest BCUT2D eigenvalue weighted by Crippen LogP contribution is -2.29. The van der Waals surface area contributed by atoms with Crippen LogP contribution in [0.25, 0.3) is 10.2 Å². The zero-order valence-electron chi connectivity index (χ0n) is 14.1. The van der Waals surface area contributed by atoms with Crippen LogP contribution in [-0.2, 0) is 6.54 Å². The van der Waals surface area contributed by atoms with Crippen LogP contribution in [0.2, 0.25) is 0 Å². The highest BCUT2D eigenvalue weighted by molar-refractivity contribution is 7.17. The number of anilines is 1. The predicted molar refractivity (Wildman–Crippen MR) is 96.6 cm³/mol. The molecule has 0 unspecified atom stereocenters. The monoisotopic (exact) mass is 358 g/mol. The van der Waals surface area contributed by atoms with Gasteiger partial charge in [-0.3, -0.25) is 9.59 Å². The Morgan fingerprint density at radius 2 is 2.12 bits per heavy atom. The Morgan fingerprint density at radius 3 is 2.84 bits per heavy atom. The minimum Gasteiger partial charge on any atom is -0.368 e. The summed E-state index contributed by atoms with van der Waals surface area (Å²) in [5.41, 5.74) is 7.05. The minimum absolute atomic E-state index is 0.0641. The smallest absolute Gasteiger partial charge is 0.272 e. The minimum atomic E-state index is -0.316. The quantitative estimate of drug-likeness (QED) is 0.733. The molecule has 0 aliphatic heterocycles. The van der Waals surface area contributed by atoms with Gasteiger partial charge in [0.15, 0.2) is 0 Å². The van der Waals surface area contributed by atoms with Gasteiger partial charge >= 0.3 is 0 Å². The van der Waals surface area contributed by atoms with Crippen LogP contribution in [0.4, 0.5) is 5.95 Å². The molecule has 9 heteroatoms. The lowest BCUT2D eigenvalue weighted by Gasteiger charge is -2.17. The first-order chi connectivity index (χ1) is 11.8. The van der Waals surface area contributed by atoms with Gasteiger partial charge in [-0.1, -0.05) is 13.8 Å². The standard InChI is InChI=1S/C16H18N6O2S/c1-8(2)10-6-11(20-16(17)19-10)15(24)22(3)7-12-18-9-4-5-25-13(9)14(23)21-12/h4-6,8H,7H2,1-3H3,(H2,17,19,20)(H,18,21,23). The lowest BCUT2D eigenvalue weighted by atomic mass is 10.1. The molecule has 3 aromatic rings. The summed E-state index contributed by atoms with van der Waals surface area (Å²) in [7, 11) is 1.62. The third-order valence-electron chi connectivity index (χ3n) is 3.67. The predicted octanol–water partition coefficient (Wildman–Crippen LogP) is 1.75. The van der Waals surface area contributed by atoms with Crippen LogP contribution in [-0.4, -0.2) is 37.8 Å². The SMILES string of the molecule is CC(C)c1cc(C(=O)N(C)Cc2nc3ccsc3c(=O)[nH]2)nc(N)n1. The Morgan fingerprint density at radius 1 is 1.36 bits per heavy atom. The van der Waals surface area contributed by atoms with Gasteiger partial charge in [-0.05, 0) is 23.4 Å². The first-order valence-corrected chi connectivity index (χ1v) is 8.59. The number of nitrogens with two attached hydrogens (primary N) is 1. The molecular weight excluding hydrogens is 340 g/mol. The summed E-state index contributed by atoms with van der Waals surface area (Å²) in [6.45, 7) is 4.08. The molecule has 3 heterocycles. The fraction of sp³-hybridized carbons (Fsp3) is 0.312. The first kappa shape index (κ1) is 17.0. The Labute approximate surface area is 147 Å². The maximum absolute atomic E-state index is 12.6. The van der Waals surface area contributed by atoms with Crippen LogP contribution in [0.1, 0.15) is 41.8 Å². The van der Waals surface area contributed by atoms with Gasteiger partial charge in [0.2, 0.25) is 5.95 Å². The molecule has 1 amide bonds. The third kappa shape index (κ3) is 3.50. The van der Waals surface area contributed by atoms with Crippen LogP contribution in [0, 0.1) is 0 Å². The topological polar surface area (TPSA) is 118 Å². The summed E-state index contributed by atoms with van der Waals surface area (Å²) in [5, 5.41) is 1.81. The van der Waals surface area contributed by atoms with Crippen molar-refractivity contribution in [1.29, 1.82) is 0 Å². The van der Waals surface area contributed by atoms with E-state index in [1.807, 2.05) is 19.2 Å². The number of H-pyrrole nitrogens is 1. The fourth-order valence-electron chi connectivity index (χ4n) is 2.38. The molecule has 0 saturated carbocycles. The molecule has 0 atom stereocenters. The molecule has 0 spiro atoms. The fourth-order valence-corrected chi connectivity index (χ4v) is 3.10. The van der Waals surface area contributed by atoms with E-state index in [2.05, 4.69) is 19.9 Å². The van der Waals surface area contributed by atoms with E-state index >= 15 is 0 Å². The molecule has 3 N–H and O–H groups in total. The Hall–Kier alpha value is -2.81. The van der Waals surface area contributed by atoms with E-state index in [-0.39, 0.29) is 35.6 Å². The number of carbonyl (C=O) groups excluding carboxylic acids is 1. The van der Waals surface area contributed by atoms with Crippen molar-refractivity contribution >= 4 is 33.4 Å². The van der Waals surface area contributed by atoms with Gasteiger partial charge in [0.25, 0.3) is 11.5 Å². The van der Waals surface area contributed by atoms with Crippen molar-refractivity contribution in [2.45, 2.75) is 26.3 Å². The number of amides is 1. The van der Waals surface area contributed by atoms with Gasteiger partial charge < -0.3 is 15.6 Å². The van der Waals surface area contributed by atoms with Crippen molar-refractivity contribution in [3.8, 4) is 0 Å². The largest absolute Gasteiger partial charge is 0.368 e. The number of nitrogen functional groups attached to an aromatic ring is 1. The van der Waals surface area contributed by atoms with Gasteiger partial charge in [-0.2, -0.15) is 0 Å². The molecular formula is C16H18N6O2S. The number of aromatic nitrogens is 4. The van der Waals surface area contributed by atoms with Crippen molar-refractivity contribution < 1.29 is 4.79 Å². The number of fused-ring (bicyclic) bond motifs is 1. The summed E-state index contributed by atoms with van der Waals surface area (Å²) in [5.74, 6) is 0.289. The number of thiophene rings is 1. The molecule has 0 fully saturated rings. The maximum atomic E-state index is 12.6. The van der Waals surface area contributed by atoms with Crippen molar-refractivity contribution in [1.82, 2.24) is 24.8 Å². The number of hydrogen-bond donors (Lipinski definition) is 2. The van der Waals surface area contributed by atoms with Crippen LogP contribution in [0.15, 0.2) is 22.3 Å². The number of rotatable bonds is 4. The van der Waals surface area contributed by atoms with Gasteiger partial charge in [0.05, 0.1) is 12.1 Å². The number of nitrogens with zero attached hydrogens (tertiary/aromatic N) is 4. The summed E-state index contributed by atoms with van der Waals surface area (Å²) in [6.07, 6.45) is 0. The van der Waals surface area contributed by atoms with E-state index in [1.54, 1.807) is 19.2 Å². The van der Waals surface area contributed by atoms with Gasteiger partial charge in [0, 0.05) is 12.7 Å². The molecule has 3 aromatic heterocycles. The van der Waals surface area contributed by atoms with Crippen LogP contribution in [0.3, 0.4) is 0 Å². The second-order valence-corrected chi connectivity index (χ2v) is 6.92. The molecule has 8 nitrogen and oxygen atoms in total. The average molecular weight is 358 g/mol. The van der Waals surface area contributed by atoms with Gasteiger partial charge in [-0.15, -0.1) is 11.3 Å². The molecule has 25 heavy (non-hydrogen) atoms. The summed E-state index contributed by atoms with van der Waals surface area (Å²) < 4.78 is 0.572. The van der Waals surface area contributed by atoms with E-state index < -0.39 is 0 Å². The van der Waals surface area contributed by atoms with Crippen molar-refractivity contribution in [2.75, 3.05) is 12.8 Å². The van der Waals surface area contributed by atoms with Crippen molar-refractivity contribution in [3.63, 3.8) is 0 Å². The van der Waals surface area contributed by atoms with E-state index in [1.165, 1.54) is 16.2 Å². The summed E-state index contributed by atoms with van der Waals surface area (Å²) in [6, 6.07) is 3.42. The van der Waals surface area contributed by atoms with Crippen LogP contribution < -0.4 is 11.3 Å². The Bertz CT molecular complexity index is 994. The van der Waals surface area contributed by atoms with E-state index in [9.17, 15) is 9.59 Å². The van der Waals surface area contributed by atoms with Crippen LogP contribution in [0.5, 0.6) is 0 Å². The average Bonchev–Trinajstić information content (AvgIpc) is 3.02. The van der Waals surface area contributed by atoms with E-state index in [0.717, 1.165) is 0 Å². The van der Waals surface area contributed by atoms with E-state index in [4.69, 9.17) is 5.73 Å². The van der Waals surface area contributed by atoms with E-state index in [0.29, 0.717) is 21.7 Å². The normalized spacial score (nSPS) is 11.2. The van der Waals surface area contributed by atoms with Crippen molar-refractivity contribution in [3.05, 3.63) is 45.1 Å². The molecule has 0 radical (unpaired) electrons. The second-order valence-electron chi connectivity index (χ2n) is 6.00. The molecule has 0 bridgehead atoms. The maximum Gasteiger partial charge on any atom is 0.272 e. The summed E-state index contributed by atoms with van der Waals surface area (Å²) in [4.78, 5) is 41.3.